The third kappa shape index (κ3) is 2.01. The number of rotatable bonds is 2. The average Bonchev–Trinajstić information content (AvgIpc) is 2.39. The highest BCUT2D eigenvalue weighted by molar-refractivity contribution is 5.64. The van der Waals surface area contributed by atoms with Crippen molar-refractivity contribution in [1.82, 2.24) is 4.98 Å². The van der Waals surface area contributed by atoms with Crippen LogP contribution in [0.1, 0.15) is 5.69 Å². The number of methoxy groups -OCH3 is 1. The van der Waals surface area contributed by atoms with Gasteiger partial charge in [-0.15, -0.1) is 0 Å². The summed E-state index contributed by atoms with van der Waals surface area (Å²) in [4.78, 5) is 4.03. The summed E-state index contributed by atoms with van der Waals surface area (Å²) in [6.07, 6.45) is 1.69. The molecule has 3 heteroatoms. The third-order valence-corrected chi connectivity index (χ3v) is 2.28. The van der Waals surface area contributed by atoms with Gasteiger partial charge in [0.15, 0.2) is 0 Å². The van der Waals surface area contributed by atoms with Crippen LogP contribution in [0.3, 0.4) is 0 Å². The van der Waals surface area contributed by atoms with Gasteiger partial charge < -0.3 is 4.74 Å². The molecule has 0 spiro atoms. The van der Waals surface area contributed by atoms with E-state index in [0.717, 1.165) is 16.9 Å². The number of nitrogens with zero attached hydrogens (tertiary/aromatic N) is 2. The van der Waals surface area contributed by atoms with Crippen molar-refractivity contribution in [2.75, 3.05) is 7.11 Å². The lowest BCUT2D eigenvalue weighted by atomic mass is 10.1. The predicted octanol–water partition coefficient (Wildman–Crippen LogP) is 2.63. The van der Waals surface area contributed by atoms with E-state index in [2.05, 4.69) is 4.98 Å². The largest absolute Gasteiger partial charge is 0.497 e. The zero-order chi connectivity index (χ0) is 11.4. The van der Waals surface area contributed by atoms with E-state index in [1.807, 2.05) is 36.4 Å². The molecule has 0 amide bonds. The van der Waals surface area contributed by atoms with Crippen molar-refractivity contribution in [2.24, 2.45) is 0 Å². The number of ether oxygens (including phenoxy) is 1. The van der Waals surface area contributed by atoms with E-state index >= 15 is 0 Å². The summed E-state index contributed by atoms with van der Waals surface area (Å²) < 4.78 is 5.15. The van der Waals surface area contributed by atoms with Crippen LogP contribution in [0.4, 0.5) is 0 Å². The Morgan fingerprint density at radius 1 is 1.19 bits per heavy atom. The molecule has 0 saturated carbocycles. The van der Waals surface area contributed by atoms with Crippen LogP contribution in [-0.4, -0.2) is 12.1 Å². The zero-order valence-corrected chi connectivity index (χ0v) is 8.84. The van der Waals surface area contributed by atoms with Crippen molar-refractivity contribution in [3.63, 3.8) is 0 Å². The van der Waals surface area contributed by atoms with E-state index in [1.54, 1.807) is 19.4 Å². The molecule has 0 aliphatic carbocycles. The van der Waals surface area contributed by atoms with Crippen molar-refractivity contribution < 1.29 is 4.74 Å². The van der Waals surface area contributed by atoms with Gasteiger partial charge in [-0.25, -0.2) is 4.98 Å². The summed E-state index contributed by atoms with van der Waals surface area (Å²) in [5.41, 5.74) is 2.42. The van der Waals surface area contributed by atoms with Crippen LogP contribution in [0.15, 0.2) is 42.6 Å². The molecule has 3 nitrogen and oxygen atoms in total. The van der Waals surface area contributed by atoms with Crippen LogP contribution < -0.4 is 4.74 Å². The molecule has 2 aromatic rings. The van der Waals surface area contributed by atoms with Crippen molar-refractivity contribution >= 4 is 0 Å². The summed E-state index contributed by atoms with van der Waals surface area (Å²) in [7, 11) is 1.64. The Hall–Kier alpha value is -2.34. The smallest absolute Gasteiger partial charge is 0.140 e. The van der Waals surface area contributed by atoms with Crippen LogP contribution in [0, 0.1) is 11.3 Å². The van der Waals surface area contributed by atoms with Crippen LogP contribution in [-0.2, 0) is 0 Å². The highest BCUT2D eigenvalue weighted by Crippen LogP contribution is 2.22. The minimum Gasteiger partial charge on any atom is -0.497 e. The van der Waals surface area contributed by atoms with Gasteiger partial charge in [0.1, 0.15) is 17.5 Å². The van der Waals surface area contributed by atoms with Crippen LogP contribution in [0.2, 0.25) is 0 Å². The lowest BCUT2D eigenvalue weighted by molar-refractivity contribution is 0.415. The number of nitriles is 1. The molecule has 16 heavy (non-hydrogen) atoms. The molecule has 1 heterocycles. The highest BCUT2D eigenvalue weighted by Gasteiger charge is 2.00. The minimum absolute atomic E-state index is 0.423. The molecule has 0 bridgehead atoms. The second-order valence-electron chi connectivity index (χ2n) is 3.28. The number of pyridine rings is 1. The van der Waals surface area contributed by atoms with E-state index in [-0.39, 0.29) is 0 Å². The van der Waals surface area contributed by atoms with Gasteiger partial charge in [-0.3, -0.25) is 0 Å². The molecule has 0 fully saturated rings. The lowest BCUT2D eigenvalue weighted by Gasteiger charge is -2.04. The maximum absolute atomic E-state index is 8.65. The Kier molecular flexibility index (Phi) is 2.84. The van der Waals surface area contributed by atoms with Crippen molar-refractivity contribution in [3.8, 4) is 22.9 Å². The quantitative estimate of drug-likeness (QED) is 0.765. The summed E-state index contributed by atoms with van der Waals surface area (Å²) in [6.45, 7) is 0. The average molecular weight is 210 g/mol. The van der Waals surface area contributed by atoms with Crippen LogP contribution >= 0.6 is 0 Å². The number of aromatic nitrogens is 1. The minimum atomic E-state index is 0.423. The Balaban J connectivity index is 2.39. The van der Waals surface area contributed by atoms with Gasteiger partial charge in [0.2, 0.25) is 0 Å². The van der Waals surface area contributed by atoms with Crippen molar-refractivity contribution in [1.29, 1.82) is 5.26 Å². The molecule has 0 unspecified atom stereocenters. The first-order valence-corrected chi connectivity index (χ1v) is 4.84. The number of hydrogen-bond acceptors (Lipinski definition) is 3. The monoisotopic (exact) mass is 210 g/mol. The molecule has 78 valence electrons. The fourth-order valence-corrected chi connectivity index (χ4v) is 1.43. The van der Waals surface area contributed by atoms with Gasteiger partial charge in [-0.05, 0) is 29.8 Å². The first-order valence-electron chi connectivity index (χ1n) is 4.84. The molecule has 1 aromatic carbocycles. The molecule has 1 aromatic heterocycles. The second kappa shape index (κ2) is 4.45. The standard InChI is InChI=1S/C13H10N2O/c1-16-13-4-2-3-10(7-13)11-5-6-12(8-14)15-9-11/h2-7,9H,1H3. The summed E-state index contributed by atoms with van der Waals surface area (Å²) >= 11 is 0. The summed E-state index contributed by atoms with van der Waals surface area (Å²) in [5.74, 6) is 0.807. The maximum atomic E-state index is 8.65. The van der Waals surface area contributed by atoms with Gasteiger partial charge in [0, 0.05) is 11.8 Å². The van der Waals surface area contributed by atoms with E-state index in [0.29, 0.717) is 5.69 Å². The molecule has 0 saturated heterocycles. The molecule has 0 N–H and O–H groups in total. The maximum Gasteiger partial charge on any atom is 0.140 e. The molecule has 0 atom stereocenters. The Morgan fingerprint density at radius 3 is 2.69 bits per heavy atom. The van der Waals surface area contributed by atoms with Crippen molar-refractivity contribution in [3.05, 3.63) is 48.3 Å². The summed E-state index contributed by atoms with van der Waals surface area (Å²) in [5, 5.41) is 8.65. The van der Waals surface area contributed by atoms with Gasteiger partial charge in [-0.1, -0.05) is 12.1 Å². The number of benzene rings is 1. The molecular formula is C13H10N2O. The van der Waals surface area contributed by atoms with Crippen molar-refractivity contribution in [2.45, 2.75) is 0 Å². The SMILES string of the molecule is COc1cccc(-c2ccc(C#N)nc2)c1. The molecule has 0 aliphatic rings. The van der Waals surface area contributed by atoms with E-state index in [1.165, 1.54) is 0 Å². The highest BCUT2D eigenvalue weighted by atomic mass is 16.5. The Bertz CT molecular complexity index is 526. The van der Waals surface area contributed by atoms with Gasteiger partial charge in [-0.2, -0.15) is 5.26 Å². The van der Waals surface area contributed by atoms with E-state index in [4.69, 9.17) is 10.00 Å². The second-order valence-corrected chi connectivity index (χ2v) is 3.28. The molecule has 2 rings (SSSR count). The van der Waals surface area contributed by atoms with Gasteiger partial charge in [0.05, 0.1) is 7.11 Å². The third-order valence-electron chi connectivity index (χ3n) is 2.28. The fourth-order valence-electron chi connectivity index (χ4n) is 1.43. The zero-order valence-electron chi connectivity index (χ0n) is 8.84. The van der Waals surface area contributed by atoms with Crippen LogP contribution in [0.5, 0.6) is 5.75 Å². The lowest BCUT2D eigenvalue weighted by Crippen LogP contribution is -1.86. The normalized spacial score (nSPS) is 9.50. The first-order chi connectivity index (χ1) is 7.83. The van der Waals surface area contributed by atoms with Gasteiger partial charge >= 0.3 is 0 Å². The fraction of sp³-hybridized carbons (Fsp3) is 0.0769. The Morgan fingerprint density at radius 2 is 2.06 bits per heavy atom. The molecule has 0 radical (unpaired) electrons. The van der Waals surface area contributed by atoms with E-state index in [9.17, 15) is 0 Å². The Labute approximate surface area is 93.9 Å². The van der Waals surface area contributed by atoms with Crippen LogP contribution in [0.25, 0.3) is 11.1 Å². The number of hydrogen-bond donors (Lipinski definition) is 0. The topological polar surface area (TPSA) is 45.9 Å². The van der Waals surface area contributed by atoms with Gasteiger partial charge in [0.25, 0.3) is 0 Å². The summed E-state index contributed by atoms with van der Waals surface area (Å²) in [6, 6.07) is 13.3. The molecule has 0 aliphatic heterocycles. The first kappa shape index (κ1) is 10.2. The molecular weight excluding hydrogens is 200 g/mol. The van der Waals surface area contributed by atoms with E-state index < -0.39 is 0 Å². The predicted molar refractivity (Wildman–Crippen MR) is 60.9 cm³/mol.